The molecule has 18 heavy (non-hydrogen) atoms. The van der Waals surface area contributed by atoms with E-state index in [0.29, 0.717) is 6.54 Å². The first-order chi connectivity index (χ1) is 8.61. The van der Waals surface area contributed by atoms with E-state index in [1.165, 1.54) is 30.5 Å². The summed E-state index contributed by atoms with van der Waals surface area (Å²) in [5.74, 6) is 0.753. The molecular formula is C15H23BrN2. The average molecular weight is 311 g/mol. The SMILES string of the molecule is CC(C)CCN(c1ccc(Br)cc1CN)C1CC1. The summed E-state index contributed by atoms with van der Waals surface area (Å²) in [6, 6.07) is 7.24. The van der Waals surface area contributed by atoms with E-state index in [1.807, 2.05) is 0 Å². The predicted octanol–water partition coefficient (Wildman–Crippen LogP) is 3.92. The summed E-state index contributed by atoms with van der Waals surface area (Å²) in [6.07, 6.45) is 3.91. The molecule has 1 aromatic carbocycles. The maximum Gasteiger partial charge on any atom is 0.0415 e. The molecule has 1 fully saturated rings. The lowest BCUT2D eigenvalue weighted by Crippen LogP contribution is -2.29. The Hall–Kier alpha value is -0.540. The number of nitrogens with two attached hydrogens (primary N) is 1. The minimum absolute atomic E-state index is 0.611. The molecule has 1 aliphatic rings. The van der Waals surface area contributed by atoms with E-state index in [9.17, 15) is 0 Å². The smallest absolute Gasteiger partial charge is 0.0415 e. The number of benzene rings is 1. The van der Waals surface area contributed by atoms with Crippen molar-refractivity contribution in [2.75, 3.05) is 11.4 Å². The number of nitrogens with zero attached hydrogens (tertiary/aromatic N) is 1. The normalized spacial score (nSPS) is 15.2. The molecule has 2 rings (SSSR count). The van der Waals surface area contributed by atoms with Crippen LogP contribution in [0.5, 0.6) is 0 Å². The third kappa shape index (κ3) is 3.48. The summed E-state index contributed by atoms with van der Waals surface area (Å²) in [5.41, 5.74) is 8.47. The quantitative estimate of drug-likeness (QED) is 0.862. The molecule has 0 atom stereocenters. The van der Waals surface area contributed by atoms with Gasteiger partial charge in [-0.05, 0) is 48.9 Å². The highest BCUT2D eigenvalue weighted by Gasteiger charge is 2.30. The van der Waals surface area contributed by atoms with Crippen molar-refractivity contribution in [3.8, 4) is 0 Å². The number of halogens is 1. The Labute approximate surface area is 119 Å². The maximum atomic E-state index is 5.89. The van der Waals surface area contributed by atoms with Gasteiger partial charge in [0.25, 0.3) is 0 Å². The number of rotatable bonds is 6. The molecule has 0 bridgehead atoms. The first-order valence-corrected chi connectivity index (χ1v) is 7.66. The van der Waals surface area contributed by atoms with Gasteiger partial charge in [0.2, 0.25) is 0 Å². The topological polar surface area (TPSA) is 29.3 Å². The summed E-state index contributed by atoms with van der Waals surface area (Å²) >= 11 is 3.53. The van der Waals surface area contributed by atoms with E-state index in [-0.39, 0.29) is 0 Å². The van der Waals surface area contributed by atoms with Crippen LogP contribution < -0.4 is 10.6 Å². The second-order valence-corrected chi connectivity index (χ2v) is 6.50. The fraction of sp³-hybridized carbons (Fsp3) is 0.600. The van der Waals surface area contributed by atoms with E-state index in [1.54, 1.807) is 0 Å². The van der Waals surface area contributed by atoms with Crippen LogP contribution in [0.4, 0.5) is 5.69 Å². The fourth-order valence-corrected chi connectivity index (χ4v) is 2.69. The maximum absolute atomic E-state index is 5.89. The summed E-state index contributed by atoms with van der Waals surface area (Å²) in [5, 5.41) is 0. The monoisotopic (exact) mass is 310 g/mol. The van der Waals surface area contributed by atoms with Crippen molar-refractivity contribution in [2.45, 2.75) is 45.7 Å². The molecule has 0 heterocycles. The van der Waals surface area contributed by atoms with Crippen LogP contribution in [0.2, 0.25) is 0 Å². The van der Waals surface area contributed by atoms with Gasteiger partial charge < -0.3 is 10.6 Å². The first-order valence-electron chi connectivity index (χ1n) is 6.87. The Morgan fingerprint density at radius 2 is 2.11 bits per heavy atom. The van der Waals surface area contributed by atoms with Crippen molar-refractivity contribution in [2.24, 2.45) is 11.7 Å². The summed E-state index contributed by atoms with van der Waals surface area (Å²) in [7, 11) is 0. The standard InChI is InChI=1S/C15H23BrN2/c1-11(2)7-8-18(14-4-5-14)15-6-3-13(16)9-12(15)10-17/h3,6,9,11,14H,4-5,7-8,10,17H2,1-2H3. The third-order valence-electron chi connectivity index (χ3n) is 3.51. The summed E-state index contributed by atoms with van der Waals surface area (Å²) in [4.78, 5) is 2.56. The highest BCUT2D eigenvalue weighted by Crippen LogP contribution is 2.35. The predicted molar refractivity (Wildman–Crippen MR) is 81.9 cm³/mol. The van der Waals surface area contributed by atoms with E-state index in [4.69, 9.17) is 5.73 Å². The van der Waals surface area contributed by atoms with Gasteiger partial charge in [0, 0.05) is 29.3 Å². The highest BCUT2D eigenvalue weighted by atomic mass is 79.9. The Balaban J connectivity index is 2.19. The minimum Gasteiger partial charge on any atom is -0.368 e. The van der Waals surface area contributed by atoms with Crippen molar-refractivity contribution in [3.05, 3.63) is 28.2 Å². The van der Waals surface area contributed by atoms with Gasteiger partial charge in [-0.3, -0.25) is 0 Å². The van der Waals surface area contributed by atoms with Gasteiger partial charge in [-0.1, -0.05) is 29.8 Å². The molecule has 2 nitrogen and oxygen atoms in total. The highest BCUT2D eigenvalue weighted by molar-refractivity contribution is 9.10. The van der Waals surface area contributed by atoms with Gasteiger partial charge in [-0.15, -0.1) is 0 Å². The molecule has 2 N–H and O–H groups in total. The van der Waals surface area contributed by atoms with Gasteiger partial charge in [0.15, 0.2) is 0 Å². The van der Waals surface area contributed by atoms with Crippen LogP contribution in [-0.4, -0.2) is 12.6 Å². The largest absolute Gasteiger partial charge is 0.368 e. The molecule has 0 aliphatic heterocycles. The Kier molecular flexibility index (Phi) is 4.68. The number of anilines is 1. The Morgan fingerprint density at radius 1 is 1.39 bits per heavy atom. The Morgan fingerprint density at radius 3 is 2.67 bits per heavy atom. The second kappa shape index (κ2) is 6.07. The molecule has 100 valence electrons. The first kappa shape index (κ1) is 13.9. The van der Waals surface area contributed by atoms with E-state index in [0.717, 1.165) is 23.0 Å². The molecule has 0 unspecified atom stereocenters. The van der Waals surface area contributed by atoms with E-state index >= 15 is 0 Å². The van der Waals surface area contributed by atoms with Crippen molar-refractivity contribution >= 4 is 21.6 Å². The molecule has 0 amide bonds. The zero-order chi connectivity index (χ0) is 13.1. The Bertz CT molecular complexity index is 399. The van der Waals surface area contributed by atoms with Crippen molar-refractivity contribution in [3.63, 3.8) is 0 Å². The molecule has 3 heteroatoms. The molecule has 0 radical (unpaired) electrons. The summed E-state index contributed by atoms with van der Waals surface area (Å²) in [6.45, 7) is 6.34. The van der Waals surface area contributed by atoms with Gasteiger partial charge in [-0.2, -0.15) is 0 Å². The molecule has 0 saturated heterocycles. The molecule has 0 aromatic heterocycles. The fourth-order valence-electron chi connectivity index (χ4n) is 2.28. The molecular weight excluding hydrogens is 288 g/mol. The van der Waals surface area contributed by atoms with Crippen molar-refractivity contribution in [1.82, 2.24) is 0 Å². The lowest BCUT2D eigenvalue weighted by atomic mass is 10.1. The second-order valence-electron chi connectivity index (χ2n) is 5.58. The number of hydrogen-bond acceptors (Lipinski definition) is 2. The van der Waals surface area contributed by atoms with Crippen LogP contribution in [0.15, 0.2) is 22.7 Å². The number of hydrogen-bond donors (Lipinski definition) is 1. The zero-order valence-corrected chi connectivity index (χ0v) is 12.9. The van der Waals surface area contributed by atoms with Gasteiger partial charge in [0.05, 0.1) is 0 Å². The molecule has 0 spiro atoms. The van der Waals surface area contributed by atoms with Crippen LogP contribution in [0, 0.1) is 5.92 Å². The lowest BCUT2D eigenvalue weighted by molar-refractivity contribution is 0.570. The zero-order valence-electron chi connectivity index (χ0n) is 11.3. The minimum atomic E-state index is 0.611. The van der Waals surface area contributed by atoms with Crippen LogP contribution in [-0.2, 0) is 6.54 Å². The van der Waals surface area contributed by atoms with Crippen molar-refractivity contribution in [1.29, 1.82) is 0 Å². The van der Waals surface area contributed by atoms with Crippen LogP contribution in [0.3, 0.4) is 0 Å². The van der Waals surface area contributed by atoms with Gasteiger partial charge in [-0.25, -0.2) is 0 Å². The molecule has 1 saturated carbocycles. The van der Waals surface area contributed by atoms with E-state index in [2.05, 4.69) is 52.9 Å². The molecule has 1 aromatic rings. The third-order valence-corrected chi connectivity index (χ3v) is 4.00. The van der Waals surface area contributed by atoms with Gasteiger partial charge in [0.1, 0.15) is 0 Å². The van der Waals surface area contributed by atoms with E-state index < -0.39 is 0 Å². The van der Waals surface area contributed by atoms with Crippen LogP contribution in [0.25, 0.3) is 0 Å². The average Bonchev–Trinajstić information content (AvgIpc) is 3.15. The van der Waals surface area contributed by atoms with Gasteiger partial charge >= 0.3 is 0 Å². The molecule has 1 aliphatic carbocycles. The van der Waals surface area contributed by atoms with Crippen LogP contribution in [0.1, 0.15) is 38.7 Å². The lowest BCUT2D eigenvalue weighted by Gasteiger charge is -2.28. The van der Waals surface area contributed by atoms with Crippen molar-refractivity contribution < 1.29 is 0 Å². The summed E-state index contributed by atoms with van der Waals surface area (Å²) < 4.78 is 1.12. The van der Waals surface area contributed by atoms with Crippen LogP contribution >= 0.6 is 15.9 Å².